The van der Waals surface area contributed by atoms with Gasteiger partial charge in [-0.3, -0.25) is 14.3 Å². The Bertz CT molecular complexity index is 872. The predicted octanol–water partition coefficient (Wildman–Crippen LogP) is 0.957. The van der Waals surface area contributed by atoms with Crippen LogP contribution in [0.1, 0.15) is 13.3 Å². The molecule has 0 spiro atoms. The second kappa shape index (κ2) is 4.71. The Balaban J connectivity index is 2.42. The van der Waals surface area contributed by atoms with Crippen LogP contribution in [-0.2, 0) is 13.6 Å². The van der Waals surface area contributed by atoms with Crippen molar-refractivity contribution in [3.05, 3.63) is 32.4 Å². The summed E-state index contributed by atoms with van der Waals surface area (Å²) >= 11 is 1.45. The van der Waals surface area contributed by atoms with E-state index < -0.39 is 11.2 Å². The number of H-pyrrole nitrogens is 1. The molecule has 0 saturated heterocycles. The van der Waals surface area contributed by atoms with Gasteiger partial charge in [-0.15, -0.1) is 11.3 Å². The molecule has 0 aromatic carbocycles. The SMILES string of the molecule is CCCn1c(-c2nccs2)nc2c(=O)n(C)c(=O)[nH]c21. The summed E-state index contributed by atoms with van der Waals surface area (Å²) in [6, 6.07) is 0. The highest BCUT2D eigenvalue weighted by Gasteiger charge is 2.18. The van der Waals surface area contributed by atoms with Gasteiger partial charge in [0.05, 0.1) is 0 Å². The Kier molecular flexibility index (Phi) is 3.01. The largest absolute Gasteiger partial charge is 0.329 e. The van der Waals surface area contributed by atoms with E-state index in [1.165, 1.54) is 18.4 Å². The van der Waals surface area contributed by atoms with E-state index in [0.717, 1.165) is 16.0 Å². The van der Waals surface area contributed by atoms with Gasteiger partial charge in [-0.2, -0.15) is 0 Å². The number of hydrogen-bond donors (Lipinski definition) is 1. The Morgan fingerprint density at radius 2 is 2.20 bits per heavy atom. The molecule has 3 aromatic rings. The molecular formula is C12H13N5O2S. The average molecular weight is 291 g/mol. The molecule has 0 atom stereocenters. The molecule has 20 heavy (non-hydrogen) atoms. The fraction of sp³-hybridized carbons (Fsp3) is 0.333. The van der Waals surface area contributed by atoms with Gasteiger partial charge in [0.25, 0.3) is 5.56 Å². The number of nitrogens with one attached hydrogen (secondary N) is 1. The highest BCUT2D eigenvalue weighted by atomic mass is 32.1. The lowest BCUT2D eigenvalue weighted by Crippen LogP contribution is -2.32. The van der Waals surface area contributed by atoms with Gasteiger partial charge in [0, 0.05) is 25.2 Å². The van der Waals surface area contributed by atoms with Crippen LogP contribution in [0.15, 0.2) is 21.2 Å². The quantitative estimate of drug-likeness (QED) is 0.778. The third-order valence-corrected chi connectivity index (χ3v) is 3.84. The average Bonchev–Trinajstić information content (AvgIpc) is 3.05. The third-order valence-electron chi connectivity index (χ3n) is 3.08. The standard InChI is InChI=1S/C12H13N5O2S/c1-3-5-17-8-7(11(18)16(2)12(19)15-8)14-9(17)10-13-4-6-20-10/h4,6H,3,5H2,1-2H3,(H,15,19). The maximum Gasteiger partial charge on any atom is 0.329 e. The highest BCUT2D eigenvalue weighted by molar-refractivity contribution is 7.13. The molecule has 7 nitrogen and oxygen atoms in total. The molecule has 3 heterocycles. The van der Waals surface area contributed by atoms with Gasteiger partial charge in [-0.1, -0.05) is 6.92 Å². The molecule has 0 aliphatic heterocycles. The van der Waals surface area contributed by atoms with Crippen LogP contribution in [0.25, 0.3) is 22.0 Å². The number of aromatic amines is 1. The minimum Gasteiger partial charge on any atom is -0.308 e. The summed E-state index contributed by atoms with van der Waals surface area (Å²) in [4.78, 5) is 35.2. The monoisotopic (exact) mass is 291 g/mol. The Morgan fingerprint density at radius 3 is 2.85 bits per heavy atom. The first-order valence-corrected chi connectivity index (χ1v) is 7.11. The molecule has 0 unspecified atom stereocenters. The summed E-state index contributed by atoms with van der Waals surface area (Å²) in [5.74, 6) is 0.621. The van der Waals surface area contributed by atoms with Gasteiger partial charge in [0.1, 0.15) is 5.65 Å². The Morgan fingerprint density at radius 1 is 1.40 bits per heavy atom. The van der Waals surface area contributed by atoms with Gasteiger partial charge in [0.2, 0.25) is 0 Å². The van der Waals surface area contributed by atoms with Crippen molar-refractivity contribution in [2.75, 3.05) is 0 Å². The maximum atomic E-state index is 12.1. The van der Waals surface area contributed by atoms with Crippen LogP contribution in [0.3, 0.4) is 0 Å². The van der Waals surface area contributed by atoms with Crippen molar-refractivity contribution in [2.24, 2.45) is 7.05 Å². The van der Waals surface area contributed by atoms with Crippen LogP contribution >= 0.6 is 11.3 Å². The number of fused-ring (bicyclic) bond motifs is 1. The molecule has 8 heteroatoms. The second-order valence-corrected chi connectivity index (χ2v) is 5.31. The normalized spacial score (nSPS) is 11.3. The van der Waals surface area contributed by atoms with Gasteiger partial charge in [-0.25, -0.2) is 14.8 Å². The lowest BCUT2D eigenvalue weighted by Gasteiger charge is -2.05. The number of hydrogen-bond acceptors (Lipinski definition) is 5. The van der Waals surface area contributed by atoms with E-state index in [4.69, 9.17) is 0 Å². The minimum atomic E-state index is -0.439. The summed E-state index contributed by atoms with van der Waals surface area (Å²) in [6.07, 6.45) is 2.55. The predicted molar refractivity (Wildman–Crippen MR) is 77.0 cm³/mol. The van der Waals surface area contributed by atoms with E-state index in [1.54, 1.807) is 6.20 Å². The van der Waals surface area contributed by atoms with Crippen LogP contribution in [-0.4, -0.2) is 24.1 Å². The molecule has 0 fully saturated rings. The van der Waals surface area contributed by atoms with Crippen molar-refractivity contribution in [3.63, 3.8) is 0 Å². The molecule has 0 aliphatic carbocycles. The van der Waals surface area contributed by atoms with E-state index in [1.807, 2.05) is 16.9 Å². The van der Waals surface area contributed by atoms with Crippen molar-refractivity contribution in [1.29, 1.82) is 0 Å². The van der Waals surface area contributed by atoms with Crippen molar-refractivity contribution in [1.82, 2.24) is 24.1 Å². The zero-order valence-corrected chi connectivity index (χ0v) is 11.9. The number of nitrogens with zero attached hydrogens (tertiary/aromatic N) is 4. The number of aryl methyl sites for hydroxylation is 1. The number of imidazole rings is 1. The summed E-state index contributed by atoms with van der Waals surface area (Å²) in [6.45, 7) is 2.69. The van der Waals surface area contributed by atoms with Crippen molar-refractivity contribution in [2.45, 2.75) is 19.9 Å². The van der Waals surface area contributed by atoms with Gasteiger partial charge < -0.3 is 4.57 Å². The maximum absolute atomic E-state index is 12.1. The van der Waals surface area contributed by atoms with Crippen molar-refractivity contribution in [3.8, 4) is 10.8 Å². The molecule has 0 aliphatic rings. The number of thiazole rings is 1. The smallest absolute Gasteiger partial charge is 0.308 e. The number of aromatic nitrogens is 5. The first-order valence-electron chi connectivity index (χ1n) is 6.23. The molecule has 0 radical (unpaired) electrons. The molecule has 3 aromatic heterocycles. The summed E-state index contributed by atoms with van der Waals surface area (Å²) in [7, 11) is 1.43. The summed E-state index contributed by atoms with van der Waals surface area (Å²) in [5, 5.41) is 2.59. The fourth-order valence-electron chi connectivity index (χ4n) is 2.10. The van der Waals surface area contributed by atoms with Gasteiger partial charge in [-0.05, 0) is 6.42 Å². The third kappa shape index (κ3) is 1.80. The van der Waals surface area contributed by atoms with Crippen LogP contribution in [0, 0.1) is 0 Å². The van der Waals surface area contributed by atoms with Crippen LogP contribution in [0.2, 0.25) is 0 Å². The first-order chi connectivity index (χ1) is 9.63. The van der Waals surface area contributed by atoms with E-state index in [9.17, 15) is 9.59 Å². The second-order valence-electron chi connectivity index (χ2n) is 4.42. The van der Waals surface area contributed by atoms with Gasteiger partial charge in [0.15, 0.2) is 16.3 Å². The van der Waals surface area contributed by atoms with E-state index in [-0.39, 0.29) is 5.52 Å². The zero-order chi connectivity index (χ0) is 14.3. The minimum absolute atomic E-state index is 0.269. The topological polar surface area (TPSA) is 85.6 Å². The first kappa shape index (κ1) is 12.8. The van der Waals surface area contributed by atoms with E-state index >= 15 is 0 Å². The molecule has 0 saturated carbocycles. The van der Waals surface area contributed by atoms with Crippen molar-refractivity contribution < 1.29 is 0 Å². The highest BCUT2D eigenvalue weighted by Crippen LogP contribution is 2.23. The zero-order valence-electron chi connectivity index (χ0n) is 11.1. The fourth-order valence-corrected chi connectivity index (χ4v) is 2.74. The van der Waals surface area contributed by atoms with Crippen molar-refractivity contribution >= 4 is 22.5 Å². The molecule has 0 bridgehead atoms. The number of rotatable bonds is 3. The Hall–Kier alpha value is -2.22. The summed E-state index contributed by atoms with van der Waals surface area (Å²) in [5.41, 5.74) is -0.0993. The lowest BCUT2D eigenvalue weighted by atomic mass is 10.4. The van der Waals surface area contributed by atoms with Gasteiger partial charge >= 0.3 is 5.69 Å². The molecular weight excluding hydrogens is 278 g/mol. The van der Waals surface area contributed by atoms with Crippen LogP contribution in [0.4, 0.5) is 0 Å². The van der Waals surface area contributed by atoms with E-state index in [0.29, 0.717) is 18.0 Å². The summed E-state index contributed by atoms with van der Waals surface area (Å²) < 4.78 is 2.87. The van der Waals surface area contributed by atoms with Crippen LogP contribution < -0.4 is 11.2 Å². The molecule has 0 amide bonds. The van der Waals surface area contributed by atoms with Crippen LogP contribution in [0.5, 0.6) is 0 Å². The van der Waals surface area contributed by atoms with E-state index in [2.05, 4.69) is 15.0 Å². The Labute approximate surface area is 117 Å². The molecule has 1 N–H and O–H groups in total. The molecule has 104 valence electrons. The molecule has 3 rings (SSSR count). The lowest BCUT2D eigenvalue weighted by molar-refractivity contribution is 0.692.